The molecule has 0 heterocycles. The lowest BCUT2D eigenvalue weighted by atomic mass is 9.76. The van der Waals surface area contributed by atoms with Crippen LogP contribution in [0.3, 0.4) is 0 Å². The van der Waals surface area contributed by atoms with Crippen molar-refractivity contribution in [3.63, 3.8) is 0 Å². The zero-order chi connectivity index (χ0) is 13.8. The number of hydrogen-bond acceptors (Lipinski definition) is 1. The van der Waals surface area contributed by atoms with E-state index in [0.717, 1.165) is 24.4 Å². The van der Waals surface area contributed by atoms with Crippen molar-refractivity contribution in [2.45, 2.75) is 45.6 Å². The SMILES string of the molecule is CCNC1CCC(C)CC1Cc1cc(Cl)ccc1F. The highest BCUT2D eigenvalue weighted by Crippen LogP contribution is 2.32. The van der Waals surface area contributed by atoms with Crippen LogP contribution in [0.25, 0.3) is 0 Å². The summed E-state index contributed by atoms with van der Waals surface area (Å²) >= 11 is 5.98. The Labute approximate surface area is 120 Å². The van der Waals surface area contributed by atoms with Gasteiger partial charge in [0.15, 0.2) is 0 Å². The first-order valence-electron chi connectivity index (χ1n) is 7.27. The van der Waals surface area contributed by atoms with Crippen molar-refractivity contribution in [1.29, 1.82) is 0 Å². The highest BCUT2D eigenvalue weighted by molar-refractivity contribution is 6.30. The predicted molar refractivity (Wildman–Crippen MR) is 79.1 cm³/mol. The van der Waals surface area contributed by atoms with Gasteiger partial charge in [-0.15, -0.1) is 0 Å². The monoisotopic (exact) mass is 283 g/mol. The van der Waals surface area contributed by atoms with Crippen LogP contribution in [-0.4, -0.2) is 12.6 Å². The van der Waals surface area contributed by atoms with Crippen LogP contribution in [-0.2, 0) is 6.42 Å². The van der Waals surface area contributed by atoms with Gasteiger partial charge in [-0.1, -0.05) is 25.4 Å². The predicted octanol–water partition coefficient (Wildman–Crippen LogP) is 4.44. The van der Waals surface area contributed by atoms with Crippen molar-refractivity contribution < 1.29 is 4.39 Å². The third-order valence-electron chi connectivity index (χ3n) is 4.20. The van der Waals surface area contributed by atoms with Crippen molar-refractivity contribution in [2.24, 2.45) is 11.8 Å². The average molecular weight is 284 g/mol. The van der Waals surface area contributed by atoms with Crippen LogP contribution in [0.5, 0.6) is 0 Å². The van der Waals surface area contributed by atoms with Crippen molar-refractivity contribution in [3.8, 4) is 0 Å². The van der Waals surface area contributed by atoms with E-state index in [9.17, 15) is 4.39 Å². The number of benzene rings is 1. The van der Waals surface area contributed by atoms with E-state index in [-0.39, 0.29) is 5.82 Å². The fourth-order valence-electron chi connectivity index (χ4n) is 3.24. The highest BCUT2D eigenvalue weighted by Gasteiger charge is 2.28. The Balaban J connectivity index is 2.11. The Morgan fingerprint density at radius 3 is 2.89 bits per heavy atom. The zero-order valence-electron chi connectivity index (χ0n) is 11.8. The van der Waals surface area contributed by atoms with Gasteiger partial charge in [-0.2, -0.15) is 0 Å². The summed E-state index contributed by atoms with van der Waals surface area (Å²) in [6.45, 7) is 5.41. The highest BCUT2D eigenvalue weighted by atomic mass is 35.5. The summed E-state index contributed by atoms with van der Waals surface area (Å²) in [6, 6.07) is 5.39. The molecule has 0 spiro atoms. The van der Waals surface area contributed by atoms with Gasteiger partial charge < -0.3 is 5.32 Å². The summed E-state index contributed by atoms with van der Waals surface area (Å²) in [5.41, 5.74) is 0.759. The van der Waals surface area contributed by atoms with Gasteiger partial charge in [0.05, 0.1) is 0 Å². The second-order valence-electron chi connectivity index (χ2n) is 5.78. The van der Waals surface area contributed by atoms with Gasteiger partial charge in [0.1, 0.15) is 5.82 Å². The zero-order valence-corrected chi connectivity index (χ0v) is 12.5. The Bertz CT molecular complexity index is 421. The van der Waals surface area contributed by atoms with Gasteiger partial charge in [-0.3, -0.25) is 0 Å². The molecule has 1 aromatic rings. The molecule has 2 rings (SSSR count). The topological polar surface area (TPSA) is 12.0 Å². The van der Waals surface area contributed by atoms with E-state index in [1.807, 2.05) is 0 Å². The fourth-order valence-corrected chi connectivity index (χ4v) is 3.43. The maximum absolute atomic E-state index is 13.9. The number of hydrogen-bond donors (Lipinski definition) is 1. The van der Waals surface area contributed by atoms with E-state index in [2.05, 4.69) is 19.2 Å². The minimum Gasteiger partial charge on any atom is -0.314 e. The summed E-state index contributed by atoms with van der Waals surface area (Å²) in [4.78, 5) is 0. The molecule has 1 saturated carbocycles. The summed E-state index contributed by atoms with van der Waals surface area (Å²) in [5.74, 6) is 1.12. The van der Waals surface area contributed by atoms with Crippen LogP contribution in [0.2, 0.25) is 5.02 Å². The van der Waals surface area contributed by atoms with E-state index in [1.165, 1.54) is 25.3 Å². The molecule has 19 heavy (non-hydrogen) atoms. The third kappa shape index (κ3) is 3.93. The third-order valence-corrected chi connectivity index (χ3v) is 4.44. The Morgan fingerprint density at radius 1 is 1.37 bits per heavy atom. The Kier molecular flexibility index (Phi) is 5.23. The van der Waals surface area contributed by atoms with Gasteiger partial charge in [0.2, 0.25) is 0 Å². The maximum atomic E-state index is 13.9. The lowest BCUT2D eigenvalue weighted by molar-refractivity contribution is 0.213. The molecule has 1 N–H and O–H groups in total. The molecule has 1 aliphatic rings. The van der Waals surface area contributed by atoms with E-state index in [4.69, 9.17) is 11.6 Å². The lowest BCUT2D eigenvalue weighted by Crippen LogP contribution is -2.41. The van der Waals surface area contributed by atoms with Crippen LogP contribution < -0.4 is 5.32 Å². The van der Waals surface area contributed by atoms with Crippen molar-refractivity contribution >= 4 is 11.6 Å². The fraction of sp³-hybridized carbons (Fsp3) is 0.625. The summed E-state index contributed by atoms with van der Waals surface area (Å²) in [5, 5.41) is 4.18. The molecule has 1 aromatic carbocycles. The Hall–Kier alpha value is -0.600. The minimum absolute atomic E-state index is 0.127. The minimum atomic E-state index is -0.127. The average Bonchev–Trinajstić information content (AvgIpc) is 2.37. The standard InChI is InChI=1S/C16H23ClFN/c1-3-19-16-7-4-11(2)8-13(16)9-12-10-14(17)5-6-15(12)18/h5-6,10-11,13,16,19H,3-4,7-9H2,1-2H3. The molecule has 0 saturated heterocycles. The van der Waals surface area contributed by atoms with E-state index < -0.39 is 0 Å². The largest absolute Gasteiger partial charge is 0.314 e. The molecule has 1 fully saturated rings. The maximum Gasteiger partial charge on any atom is 0.126 e. The van der Waals surface area contributed by atoms with E-state index in [1.54, 1.807) is 12.1 Å². The molecule has 3 heteroatoms. The molecule has 3 atom stereocenters. The molecule has 0 bridgehead atoms. The molecule has 1 aliphatic carbocycles. The first-order chi connectivity index (χ1) is 9.10. The first-order valence-corrected chi connectivity index (χ1v) is 7.65. The number of nitrogens with one attached hydrogen (secondary N) is 1. The van der Waals surface area contributed by atoms with Gasteiger partial charge >= 0.3 is 0 Å². The number of halogens is 2. The lowest BCUT2D eigenvalue weighted by Gasteiger charge is -2.35. The summed E-state index contributed by atoms with van der Waals surface area (Å²) < 4.78 is 13.9. The van der Waals surface area contributed by atoms with Crippen molar-refractivity contribution in [3.05, 3.63) is 34.6 Å². The second kappa shape index (κ2) is 6.71. The van der Waals surface area contributed by atoms with Crippen LogP contribution in [0.4, 0.5) is 4.39 Å². The van der Waals surface area contributed by atoms with Gasteiger partial charge in [0.25, 0.3) is 0 Å². The van der Waals surface area contributed by atoms with Gasteiger partial charge in [0, 0.05) is 11.1 Å². The molecule has 1 nitrogen and oxygen atoms in total. The number of rotatable bonds is 4. The Morgan fingerprint density at radius 2 is 2.16 bits per heavy atom. The molecular weight excluding hydrogens is 261 g/mol. The van der Waals surface area contributed by atoms with Crippen LogP contribution >= 0.6 is 11.6 Å². The van der Waals surface area contributed by atoms with Crippen LogP contribution in [0, 0.1) is 17.7 Å². The molecule has 106 valence electrons. The van der Waals surface area contributed by atoms with Crippen LogP contribution in [0.1, 0.15) is 38.7 Å². The van der Waals surface area contributed by atoms with Crippen LogP contribution in [0.15, 0.2) is 18.2 Å². The molecule has 0 amide bonds. The molecule has 0 radical (unpaired) electrons. The van der Waals surface area contributed by atoms with Crippen molar-refractivity contribution in [1.82, 2.24) is 5.32 Å². The first kappa shape index (κ1) is 14.8. The molecule has 3 unspecified atom stereocenters. The summed E-state index contributed by atoms with van der Waals surface area (Å²) in [7, 11) is 0. The van der Waals surface area contributed by atoms with Crippen molar-refractivity contribution in [2.75, 3.05) is 6.54 Å². The summed E-state index contributed by atoms with van der Waals surface area (Å²) in [6.07, 6.45) is 4.42. The van der Waals surface area contributed by atoms with Gasteiger partial charge in [-0.25, -0.2) is 4.39 Å². The van der Waals surface area contributed by atoms with Gasteiger partial charge in [-0.05, 0) is 67.8 Å². The smallest absolute Gasteiger partial charge is 0.126 e. The second-order valence-corrected chi connectivity index (χ2v) is 6.22. The molecular formula is C16H23ClFN. The molecule has 0 aromatic heterocycles. The van der Waals surface area contributed by atoms with E-state index in [0.29, 0.717) is 17.0 Å². The molecule has 0 aliphatic heterocycles. The normalized spacial score (nSPS) is 27.5. The quantitative estimate of drug-likeness (QED) is 0.862. The van der Waals surface area contributed by atoms with E-state index >= 15 is 0 Å².